The summed E-state index contributed by atoms with van der Waals surface area (Å²) in [6, 6.07) is 0.637. The zero-order valence-corrected chi connectivity index (χ0v) is 30.2. The minimum absolute atomic E-state index is 0.0218. The van der Waals surface area contributed by atoms with Gasteiger partial charge in [0, 0.05) is 74.2 Å². The normalized spacial score (nSPS) is 23.3. The quantitative estimate of drug-likeness (QED) is 0.329. The van der Waals surface area contributed by atoms with Crippen LogP contribution in [-0.2, 0) is 5.41 Å². The Kier molecular flexibility index (Phi) is 9.14. The summed E-state index contributed by atoms with van der Waals surface area (Å²) >= 11 is 0. The van der Waals surface area contributed by atoms with E-state index in [1.165, 1.54) is 16.8 Å². The van der Waals surface area contributed by atoms with Gasteiger partial charge in [0.25, 0.3) is 0 Å². The molecule has 0 radical (unpaired) electrons. The Labute approximate surface area is 258 Å². The zero-order valence-electron chi connectivity index (χ0n) is 30.2. The van der Waals surface area contributed by atoms with Crippen LogP contribution in [0.2, 0.25) is 0 Å². The number of aromatic nitrogens is 2. The highest BCUT2D eigenvalue weighted by Gasteiger charge is 2.48. The first kappa shape index (κ1) is 34.4. The van der Waals surface area contributed by atoms with E-state index >= 15 is 0 Å². The van der Waals surface area contributed by atoms with Crippen LogP contribution >= 0.6 is 0 Å². The highest BCUT2D eigenvalue weighted by molar-refractivity contribution is 6.07. The maximum Gasteiger partial charge on any atom is 0.134 e. The van der Waals surface area contributed by atoms with E-state index < -0.39 is 0 Å². The highest BCUT2D eigenvalue weighted by Crippen LogP contribution is 2.46. The summed E-state index contributed by atoms with van der Waals surface area (Å²) in [6.07, 6.45) is 4.04. The van der Waals surface area contributed by atoms with E-state index in [0.717, 1.165) is 48.0 Å². The lowest BCUT2D eigenvalue weighted by Crippen LogP contribution is -2.53. The topological polar surface area (TPSA) is 70.6 Å². The fourth-order valence-electron chi connectivity index (χ4n) is 7.15. The van der Waals surface area contributed by atoms with Crippen LogP contribution in [0.25, 0.3) is 0 Å². The second-order valence-electron chi connectivity index (χ2n) is 16.8. The number of nitrogens with two attached hydrogens (primary N) is 1. The van der Waals surface area contributed by atoms with Crippen molar-refractivity contribution in [1.82, 2.24) is 19.8 Å². The van der Waals surface area contributed by atoms with Crippen molar-refractivity contribution in [1.29, 1.82) is 0 Å². The minimum Gasteiger partial charge on any atom is -0.401 e. The summed E-state index contributed by atoms with van der Waals surface area (Å²) in [7, 11) is 2.19. The van der Waals surface area contributed by atoms with Gasteiger partial charge in [-0.1, -0.05) is 54.5 Å². The van der Waals surface area contributed by atoms with Gasteiger partial charge in [-0.25, -0.2) is 9.97 Å². The lowest BCUT2D eigenvalue weighted by Gasteiger charge is -2.45. The molecule has 0 amide bonds. The van der Waals surface area contributed by atoms with Crippen LogP contribution in [0.15, 0.2) is 28.0 Å². The lowest BCUT2D eigenvalue weighted by atomic mass is 9.71. The standard InChI is InChI=1S/C36H62N6/c1-18-26(32(5,6)7)39-30(28-25(37)21-42(33(8,9)10)36(28,15)16)34(11,12)19-20-35(13,14)31-38-22(2)27-23(3)41(17)24(4)29(27)40-31/h18,23-24H,19-21,37H2,1-17H3/b26-18-,39-30?. The van der Waals surface area contributed by atoms with E-state index in [0.29, 0.717) is 12.1 Å². The molecule has 0 fully saturated rings. The van der Waals surface area contributed by atoms with E-state index in [2.05, 4.69) is 134 Å². The summed E-state index contributed by atoms with van der Waals surface area (Å²) in [4.78, 5) is 20.8. The average molecular weight is 579 g/mol. The lowest BCUT2D eigenvalue weighted by molar-refractivity contribution is 0.0789. The van der Waals surface area contributed by atoms with Gasteiger partial charge in [-0.05, 0) is 82.2 Å². The van der Waals surface area contributed by atoms with Gasteiger partial charge >= 0.3 is 0 Å². The van der Waals surface area contributed by atoms with Gasteiger partial charge in [-0.15, -0.1) is 0 Å². The molecule has 236 valence electrons. The molecular formula is C36H62N6. The number of fused-ring (bicyclic) bond motifs is 1. The Morgan fingerprint density at radius 2 is 1.55 bits per heavy atom. The fraction of sp³-hybridized carbons (Fsp3) is 0.750. The molecule has 0 bridgehead atoms. The monoisotopic (exact) mass is 579 g/mol. The van der Waals surface area contributed by atoms with Crippen LogP contribution < -0.4 is 5.73 Å². The van der Waals surface area contributed by atoms with Gasteiger partial charge in [0.1, 0.15) is 5.82 Å². The van der Waals surface area contributed by atoms with E-state index in [1.807, 2.05) is 0 Å². The van der Waals surface area contributed by atoms with Gasteiger partial charge in [0.05, 0.1) is 11.4 Å². The molecule has 3 heterocycles. The van der Waals surface area contributed by atoms with Crippen molar-refractivity contribution in [3.63, 3.8) is 0 Å². The van der Waals surface area contributed by atoms with Crippen LogP contribution in [0.3, 0.4) is 0 Å². The molecule has 2 unspecified atom stereocenters. The van der Waals surface area contributed by atoms with E-state index in [1.54, 1.807) is 0 Å². The first-order chi connectivity index (χ1) is 18.9. The molecule has 2 atom stereocenters. The summed E-state index contributed by atoms with van der Waals surface area (Å²) in [5.74, 6) is 0.949. The van der Waals surface area contributed by atoms with Crippen molar-refractivity contribution >= 4 is 5.71 Å². The molecule has 2 aliphatic rings. The molecule has 1 aromatic rings. The minimum atomic E-state index is -0.246. The molecule has 0 saturated carbocycles. The van der Waals surface area contributed by atoms with Crippen LogP contribution in [0.5, 0.6) is 0 Å². The van der Waals surface area contributed by atoms with Crippen molar-refractivity contribution in [3.8, 4) is 0 Å². The fourth-order valence-corrected chi connectivity index (χ4v) is 7.15. The SMILES string of the molecule is C/C=C(\N=C(C1=C(N)CN(C(C)(C)C)C1(C)C)C(C)(C)CCC(C)(C)c1nc(C)c2c(n1)C(C)N(C)C2C)C(C)(C)C. The molecule has 0 saturated heterocycles. The molecular weight excluding hydrogens is 516 g/mol. The van der Waals surface area contributed by atoms with Crippen LogP contribution in [-0.4, -0.2) is 50.1 Å². The third kappa shape index (κ3) is 6.26. The van der Waals surface area contributed by atoms with Crippen molar-refractivity contribution in [3.05, 3.63) is 45.8 Å². The number of hydrogen-bond donors (Lipinski definition) is 1. The smallest absolute Gasteiger partial charge is 0.134 e. The van der Waals surface area contributed by atoms with Gasteiger partial charge in [0.2, 0.25) is 0 Å². The largest absolute Gasteiger partial charge is 0.401 e. The van der Waals surface area contributed by atoms with Crippen molar-refractivity contribution in [2.75, 3.05) is 13.6 Å². The number of aliphatic imine (C=N–C) groups is 1. The van der Waals surface area contributed by atoms with Gasteiger partial charge in [-0.3, -0.25) is 14.8 Å². The first-order valence-electron chi connectivity index (χ1n) is 16.0. The second kappa shape index (κ2) is 11.1. The summed E-state index contributed by atoms with van der Waals surface area (Å²) < 4.78 is 0. The van der Waals surface area contributed by atoms with Gasteiger partial charge in [-0.2, -0.15) is 0 Å². The predicted molar refractivity (Wildman–Crippen MR) is 180 cm³/mol. The Morgan fingerprint density at radius 1 is 0.976 bits per heavy atom. The molecule has 1 aromatic heterocycles. The van der Waals surface area contributed by atoms with Crippen LogP contribution in [0, 0.1) is 17.8 Å². The second-order valence-corrected chi connectivity index (χ2v) is 16.8. The predicted octanol–water partition coefficient (Wildman–Crippen LogP) is 8.43. The third-order valence-corrected chi connectivity index (χ3v) is 10.1. The summed E-state index contributed by atoms with van der Waals surface area (Å²) in [5, 5.41) is 0. The number of aryl methyl sites for hydroxylation is 1. The van der Waals surface area contributed by atoms with Gasteiger partial charge in [0.15, 0.2) is 0 Å². The third-order valence-electron chi connectivity index (χ3n) is 10.1. The Bertz CT molecular complexity index is 1280. The van der Waals surface area contributed by atoms with Crippen molar-refractivity contribution < 1.29 is 0 Å². The molecule has 6 heteroatoms. The number of nitrogens with zero attached hydrogens (tertiary/aromatic N) is 5. The molecule has 6 nitrogen and oxygen atoms in total. The summed E-state index contributed by atoms with van der Waals surface area (Å²) in [5.41, 5.74) is 14.1. The molecule has 0 spiro atoms. The number of rotatable bonds is 7. The molecule has 0 aliphatic carbocycles. The maximum absolute atomic E-state index is 6.96. The molecule has 42 heavy (non-hydrogen) atoms. The molecule has 2 N–H and O–H groups in total. The molecule has 0 aromatic carbocycles. The van der Waals surface area contributed by atoms with Crippen molar-refractivity contribution in [2.24, 2.45) is 21.6 Å². The van der Waals surface area contributed by atoms with Crippen LogP contribution in [0.1, 0.15) is 152 Å². The van der Waals surface area contributed by atoms with Crippen LogP contribution in [0.4, 0.5) is 0 Å². The van der Waals surface area contributed by atoms with E-state index in [9.17, 15) is 0 Å². The number of allylic oxidation sites excluding steroid dienone is 2. The first-order valence-corrected chi connectivity index (χ1v) is 16.0. The zero-order chi connectivity index (χ0) is 32.4. The summed E-state index contributed by atoms with van der Waals surface area (Å²) in [6.45, 7) is 37.0. The maximum atomic E-state index is 6.96. The number of hydrogen-bond acceptors (Lipinski definition) is 6. The highest BCUT2D eigenvalue weighted by atomic mass is 15.3. The molecule has 2 aliphatic heterocycles. The molecule has 3 rings (SSSR count). The van der Waals surface area contributed by atoms with Gasteiger partial charge < -0.3 is 5.73 Å². The van der Waals surface area contributed by atoms with E-state index in [-0.39, 0.29) is 27.3 Å². The Hall–Kier alpha value is -2.05. The average Bonchev–Trinajstić information content (AvgIpc) is 3.21. The van der Waals surface area contributed by atoms with E-state index in [4.69, 9.17) is 20.7 Å². The Balaban J connectivity index is 2.06. The van der Waals surface area contributed by atoms with Crippen molar-refractivity contribution in [2.45, 2.75) is 152 Å². The Morgan fingerprint density at radius 3 is 2.02 bits per heavy atom.